The minimum absolute atomic E-state index is 0.249. The zero-order valence-corrected chi connectivity index (χ0v) is 10.3. The van der Waals surface area contributed by atoms with Gasteiger partial charge < -0.3 is 9.47 Å². The van der Waals surface area contributed by atoms with E-state index in [4.69, 9.17) is 21.1 Å². The smallest absolute Gasteiger partial charge is 0.321 e. The van der Waals surface area contributed by atoms with Gasteiger partial charge in [-0.05, 0) is 0 Å². The zero-order valence-electron chi connectivity index (χ0n) is 9.58. The number of methoxy groups -OCH3 is 1. The van der Waals surface area contributed by atoms with Gasteiger partial charge in [0.05, 0.1) is 12.9 Å². The van der Waals surface area contributed by atoms with Crippen LogP contribution in [0.1, 0.15) is 20.3 Å². The van der Waals surface area contributed by atoms with Crippen LogP contribution in [0.3, 0.4) is 0 Å². The van der Waals surface area contributed by atoms with E-state index in [1.807, 2.05) is 13.8 Å². The molecular weight excluding hydrogens is 232 g/mol. The Morgan fingerprint density at radius 1 is 1.62 bits per heavy atom. The highest BCUT2D eigenvalue weighted by Gasteiger charge is 2.41. The largest absolute Gasteiger partial charge is 0.501 e. The molecule has 4 nitrogen and oxygen atoms in total. The summed E-state index contributed by atoms with van der Waals surface area (Å²) in [4.78, 5) is 22.9. The van der Waals surface area contributed by atoms with Crippen molar-refractivity contribution in [3.05, 3.63) is 11.8 Å². The number of alkyl halides is 1. The van der Waals surface area contributed by atoms with E-state index >= 15 is 0 Å². The summed E-state index contributed by atoms with van der Waals surface area (Å²) in [7, 11) is 1.51. The van der Waals surface area contributed by atoms with E-state index in [1.165, 1.54) is 13.2 Å². The van der Waals surface area contributed by atoms with Gasteiger partial charge in [0.25, 0.3) is 0 Å². The minimum Gasteiger partial charge on any atom is -0.501 e. The van der Waals surface area contributed by atoms with Crippen molar-refractivity contribution in [3.63, 3.8) is 0 Å². The lowest BCUT2D eigenvalue weighted by molar-refractivity contribution is -0.159. The standard InChI is InChI=1S/C11H15ClO4/c1-11(2)5-7(15-3)4-8(13)10(11)16-9(14)6-12/h4,10H,5-6H2,1-3H3. The van der Waals surface area contributed by atoms with Crippen LogP contribution < -0.4 is 0 Å². The number of esters is 1. The molecule has 0 saturated heterocycles. The van der Waals surface area contributed by atoms with Crippen LogP contribution in [0.5, 0.6) is 0 Å². The maximum Gasteiger partial charge on any atom is 0.321 e. The van der Waals surface area contributed by atoms with Crippen molar-refractivity contribution in [1.29, 1.82) is 0 Å². The highest BCUT2D eigenvalue weighted by Crippen LogP contribution is 2.36. The van der Waals surface area contributed by atoms with Crippen LogP contribution in [0, 0.1) is 5.41 Å². The maximum absolute atomic E-state index is 11.8. The molecule has 0 fully saturated rings. The summed E-state index contributed by atoms with van der Waals surface area (Å²) in [6, 6.07) is 0. The first-order chi connectivity index (χ1) is 7.40. The van der Waals surface area contributed by atoms with Crippen LogP contribution in [0.25, 0.3) is 0 Å². The Bertz CT molecular complexity index is 333. The summed E-state index contributed by atoms with van der Waals surface area (Å²) in [5.74, 6) is -0.483. The molecule has 0 heterocycles. The van der Waals surface area contributed by atoms with Gasteiger partial charge in [0, 0.05) is 17.9 Å². The van der Waals surface area contributed by atoms with Crippen molar-refractivity contribution in [2.75, 3.05) is 13.0 Å². The number of carbonyl (C=O) groups is 2. The lowest BCUT2D eigenvalue weighted by atomic mass is 9.76. The highest BCUT2D eigenvalue weighted by atomic mass is 35.5. The Hall–Kier alpha value is -1.03. The van der Waals surface area contributed by atoms with Crippen molar-refractivity contribution in [2.24, 2.45) is 5.41 Å². The summed E-state index contributed by atoms with van der Waals surface area (Å²) >= 11 is 5.34. The SMILES string of the molecule is COC1=CC(=O)C(OC(=O)CCl)C(C)(C)C1. The number of halogens is 1. The monoisotopic (exact) mass is 246 g/mol. The van der Waals surface area contributed by atoms with Crippen LogP contribution >= 0.6 is 11.6 Å². The van der Waals surface area contributed by atoms with Gasteiger partial charge >= 0.3 is 5.97 Å². The van der Waals surface area contributed by atoms with Crippen LogP contribution in [0.15, 0.2) is 11.8 Å². The van der Waals surface area contributed by atoms with E-state index in [2.05, 4.69) is 0 Å². The number of hydrogen-bond acceptors (Lipinski definition) is 4. The molecule has 0 aromatic carbocycles. The number of ether oxygens (including phenoxy) is 2. The topological polar surface area (TPSA) is 52.6 Å². The average Bonchev–Trinajstić information content (AvgIpc) is 2.22. The van der Waals surface area contributed by atoms with Gasteiger partial charge in [0.15, 0.2) is 11.9 Å². The molecule has 1 atom stereocenters. The molecule has 16 heavy (non-hydrogen) atoms. The molecule has 0 aromatic heterocycles. The number of ketones is 1. The third kappa shape index (κ3) is 2.76. The molecule has 0 aromatic rings. The van der Waals surface area contributed by atoms with Crippen LogP contribution in [0.4, 0.5) is 0 Å². The summed E-state index contributed by atoms with van der Waals surface area (Å²) in [5.41, 5.74) is -0.473. The second-order valence-electron chi connectivity index (χ2n) is 4.39. The molecule has 0 amide bonds. The lowest BCUT2D eigenvalue weighted by Gasteiger charge is -2.35. The highest BCUT2D eigenvalue weighted by molar-refractivity contribution is 6.26. The van der Waals surface area contributed by atoms with E-state index in [0.717, 1.165) is 0 Å². The molecule has 1 aliphatic rings. The van der Waals surface area contributed by atoms with Gasteiger partial charge in [-0.3, -0.25) is 9.59 Å². The van der Waals surface area contributed by atoms with E-state index in [1.54, 1.807) is 0 Å². The quantitative estimate of drug-likeness (QED) is 0.562. The maximum atomic E-state index is 11.8. The molecule has 0 bridgehead atoms. The molecule has 1 unspecified atom stereocenters. The number of hydrogen-bond donors (Lipinski definition) is 0. The summed E-state index contributed by atoms with van der Waals surface area (Å²) in [6.07, 6.45) is 1.14. The second kappa shape index (κ2) is 4.87. The number of carbonyl (C=O) groups excluding carboxylic acids is 2. The molecule has 0 N–H and O–H groups in total. The van der Waals surface area contributed by atoms with Crippen LogP contribution in [-0.4, -0.2) is 30.8 Å². The third-order valence-electron chi connectivity index (χ3n) is 2.52. The summed E-state index contributed by atoms with van der Waals surface area (Å²) in [6.45, 7) is 3.70. The first-order valence-corrected chi connectivity index (χ1v) is 5.48. The molecule has 0 spiro atoms. The number of rotatable bonds is 3. The molecule has 1 aliphatic carbocycles. The fraction of sp³-hybridized carbons (Fsp3) is 0.636. The average molecular weight is 247 g/mol. The normalized spacial score (nSPS) is 23.6. The van der Waals surface area contributed by atoms with E-state index in [9.17, 15) is 9.59 Å². The molecule has 1 rings (SSSR count). The Kier molecular flexibility index (Phi) is 3.97. The van der Waals surface area contributed by atoms with Crippen molar-refractivity contribution in [2.45, 2.75) is 26.4 Å². The van der Waals surface area contributed by atoms with Crippen LogP contribution in [-0.2, 0) is 19.1 Å². The lowest BCUT2D eigenvalue weighted by Crippen LogP contribution is -2.43. The van der Waals surface area contributed by atoms with E-state index in [0.29, 0.717) is 12.2 Å². The molecule has 0 radical (unpaired) electrons. The van der Waals surface area contributed by atoms with Crippen LogP contribution in [0.2, 0.25) is 0 Å². The molecular formula is C11H15ClO4. The molecule has 5 heteroatoms. The predicted molar refractivity (Wildman–Crippen MR) is 59.1 cm³/mol. The van der Waals surface area contributed by atoms with E-state index < -0.39 is 17.5 Å². The van der Waals surface area contributed by atoms with Crippen molar-refractivity contribution in [1.82, 2.24) is 0 Å². The van der Waals surface area contributed by atoms with Crippen molar-refractivity contribution < 1.29 is 19.1 Å². The second-order valence-corrected chi connectivity index (χ2v) is 4.65. The van der Waals surface area contributed by atoms with E-state index in [-0.39, 0.29) is 11.7 Å². The fourth-order valence-electron chi connectivity index (χ4n) is 1.72. The Morgan fingerprint density at radius 2 is 2.25 bits per heavy atom. The molecule has 90 valence electrons. The minimum atomic E-state index is -0.780. The summed E-state index contributed by atoms with van der Waals surface area (Å²) in [5, 5.41) is 0. The third-order valence-corrected chi connectivity index (χ3v) is 2.74. The summed E-state index contributed by atoms with van der Waals surface area (Å²) < 4.78 is 10.1. The molecule has 0 saturated carbocycles. The van der Waals surface area contributed by atoms with Crippen molar-refractivity contribution >= 4 is 23.4 Å². The first kappa shape index (κ1) is 13.0. The first-order valence-electron chi connectivity index (χ1n) is 4.94. The Morgan fingerprint density at radius 3 is 2.69 bits per heavy atom. The van der Waals surface area contributed by atoms with Crippen molar-refractivity contribution in [3.8, 4) is 0 Å². The van der Waals surface area contributed by atoms with Gasteiger partial charge in [-0.25, -0.2) is 0 Å². The molecule has 0 aliphatic heterocycles. The van der Waals surface area contributed by atoms with Gasteiger partial charge in [0.2, 0.25) is 0 Å². The van der Waals surface area contributed by atoms with Gasteiger partial charge in [-0.2, -0.15) is 0 Å². The fourth-order valence-corrected chi connectivity index (χ4v) is 1.79. The Labute approximate surface area is 99.5 Å². The zero-order chi connectivity index (χ0) is 12.3. The number of allylic oxidation sites excluding steroid dienone is 1. The van der Waals surface area contributed by atoms with Gasteiger partial charge in [-0.1, -0.05) is 13.8 Å². The van der Waals surface area contributed by atoms with Gasteiger partial charge in [-0.15, -0.1) is 11.6 Å². The predicted octanol–water partition coefficient (Wildman–Crippen LogP) is 1.67. The van der Waals surface area contributed by atoms with Gasteiger partial charge in [0.1, 0.15) is 5.88 Å². The Balaban J connectivity index is 2.88.